The zero-order chi connectivity index (χ0) is 14.5. The number of halogens is 3. The molecule has 0 bridgehead atoms. The Kier molecular flexibility index (Phi) is 5.38. The largest absolute Gasteiger partial charge is 0.416 e. The van der Waals surface area contributed by atoms with E-state index in [1.165, 1.54) is 19.1 Å². The Bertz CT molecular complexity index is 402. The molecule has 0 saturated heterocycles. The summed E-state index contributed by atoms with van der Waals surface area (Å²) in [5, 5.41) is 13.4. The molecule has 0 spiro atoms. The van der Waals surface area contributed by atoms with Crippen LogP contribution >= 0.6 is 0 Å². The maximum atomic E-state index is 12.6. The molecule has 1 atom stereocenters. The van der Waals surface area contributed by atoms with Gasteiger partial charge in [-0.15, -0.1) is 0 Å². The molecule has 0 aliphatic heterocycles. The highest BCUT2D eigenvalue weighted by atomic mass is 19.4. The standard InChI is InChI=1S/C14H20F3NO/c1-3-8-18-9-7-13(2,19)11-5-4-6-12(10-11)14(15,16)17/h4-6,10,18-19H,3,7-9H2,1-2H3. The van der Waals surface area contributed by atoms with E-state index in [-0.39, 0.29) is 0 Å². The lowest BCUT2D eigenvalue weighted by molar-refractivity contribution is -0.137. The van der Waals surface area contributed by atoms with Crippen LogP contribution in [0.4, 0.5) is 13.2 Å². The highest BCUT2D eigenvalue weighted by molar-refractivity contribution is 5.29. The summed E-state index contributed by atoms with van der Waals surface area (Å²) in [4.78, 5) is 0. The van der Waals surface area contributed by atoms with Gasteiger partial charge < -0.3 is 10.4 Å². The molecule has 2 nitrogen and oxygen atoms in total. The molecular formula is C14H20F3NO. The molecule has 1 rings (SSSR count). The normalized spacial score (nSPS) is 15.3. The Morgan fingerprint density at radius 1 is 1.16 bits per heavy atom. The Labute approximate surface area is 111 Å². The summed E-state index contributed by atoms with van der Waals surface area (Å²) < 4.78 is 37.8. The van der Waals surface area contributed by atoms with E-state index in [1.54, 1.807) is 0 Å². The fraction of sp³-hybridized carbons (Fsp3) is 0.571. The van der Waals surface area contributed by atoms with Crippen LogP contribution in [0.2, 0.25) is 0 Å². The maximum Gasteiger partial charge on any atom is 0.416 e. The first kappa shape index (κ1) is 16.0. The lowest BCUT2D eigenvalue weighted by atomic mass is 9.91. The molecule has 2 N–H and O–H groups in total. The van der Waals surface area contributed by atoms with Crippen LogP contribution in [0, 0.1) is 0 Å². The van der Waals surface area contributed by atoms with E-state index >= 15 is 0 Å². The van der Waals surface area contributed by atoms with E-state index in [1.807, 2.05) is 6.92 Å². The summed E-state index contributed by atoms with van der Waals surface area (Å²) >= 11 is 0. The van der Waals surface area contributed by atoms with Crippen LogP contribution in [0.1, 0.15) is 37.8 Å². The molecule has 1 aromatic rings. The van der Waals surface area contributed by atoms with Gasteiger partial charge in [0.05, 0.1) is 11.2 Å². The van der Waals surface area contributed by atoms with Crippen molar-refractivity contribution in [1.29, 1.82) is 0 Å². The van der Waals surface area contributed by atoms with E-state index in [0.29, 0.717) is 18.5 Å². The van der Waals surface area contributed by atoms with Crippen molar-refractivity contribution in [1.82, 2.24) is 5.32 Å². The second kappa shape index (κ2) is 6.39. The molecule has 108 valence electrons. The van der Waals surface area contributed by atoms with Crippen LogP contribution < -0.4 is 5.32 Å². The third kappa shape index (κ3) is 4.84. The summed E-state index contributed by atoms with van der Waals surface area (Å²) in [7, 11) is 0. The van der Waals surface area contributed by atoms with Crippen LogP contribution in [0.15, 0.2) is 24.3 Å². The Hall–Kier alpha value is -1.07. The SMILES string of the molecule is CCCNCCC(C)(O)c1cccc(C(F)(F)F)c1. The second-order valence-corrected chi connectivity index (χ2v) is 4.85. The predicted octanol–water partition coefficient (Wildman–Crippen LogP) is 3.30. The van der Waals surface area contributed by atoms with Crippen molar-refractivity contribution in [2.24, 2.45) is 0 Å². The molecule has 19 heavy (non-hydrogen) atoms. The lowest BCUT2D eigenvalue weighted by Crippen LogP contribution is -2.28. The smallest absolute Gasteiger partial charge is 0.385 e. The quantitative estimate of drug-likeness (QED) is 0.781. The van der Waals surface area contributed by atoms with Gasteiger partial charge in [0.25, 0.3) is 0 Å². The molecule has 0 amide bonds. The van der Waals surface area contributed by atoms with Crippen molar-refractivity contribution >= 4 is 0 Å². The van der Waals surface area contributed by atoms with Crippen LogP contribution in [0.3, 0.4) is 0 Å². The first-order valence-electron chi connectivity index (χ1n) is 6.38. The average molecular weight is 275 g/mol. The van der Waals surface area contributed by atoms with Gasteiger partial charge in [0.15, 0.2) is 0 Å². The van der Waals surface area contributed by atoms with Gasteiger partial charge in [-0.1, -0.05) is 19.1 Å². The predicted molar refractivity (Wildman–Crippen MR) is 68.8 cm³/mol. The summed E-state index contributed by atoms with van der Waals surface area (Å²) in [5.74, 6) is 0. The Morgan fingerprint density at radius 2 is 1.79 bits per heavy atom. The Balaban J connectivity index is 2.77. The number of rotatable bonds is 6. The molecule has 0 aliphatic rings. The number of hydrogen-bond acceptors (Lipinski definition) is 2. The van der Waals surface area contributed by atoms with Crippen LogP contribution in [0.5, 0.6) is 0 Å². The van der Waals surface area contributed by atoms with Gasteiger partial charge in [-0.25, -0.2) is 0 Å². The lowest BCUT2D eigenvalue weighted by Gasteiger charge is -2.25. The molecule has 0 heterocycles. The molecular weight excluding hydrogens is 255 g/mol. The minimum atomic E-state index is -4.38. The molecule has 5 heteroatoms. The van der Waals surface area contributed by atoms with Gasteiger partial charge in [0.2, 0.25) is 0 Å². The van der Waals surface area contributed by atoms with Gasteiger partial charge in [-0.05, 0) is 50.6 Å². The minimum Gasteiger partial charge on any atom is -0.385 e. The van der Waals surface area contributed by atoms with Crippen molar-refractivity contribution in [3.8, 4) is 0 Å². The molecule has 0 radical (unpaired) electrons. The maximum absolute atomic E-state index is 12.6. The summed E-state index contributed by atoms with van der Waals surface area (Å²) in [6.45, 7) is 4.96. The number of alkyl halides is 3. The van der Waals surface area contributed by atoms with E-state index in [2.05, 4.69) is 5.32 Å². The molecule has 0 aliphatic carbocycles. The molecule has 0 aromatic heterocycles. The first-order chi connectivity index (χ1) is 8.77. The number of aliphatic hydroxyl groups is 1. The van der Waals surface area contributed by atoms with Gasteiger partial charge in [0, 0.05) is 0 Å². The van der Waals surface area contributed by atoms with Gasteiger partial charge in [0.1, 0.15) is 0 Å². The van der Waals surface area contributed by atoms with E-state index in [4.69, 9.17) is 0 Å². The fourth-order valence-corrected chi connectivity index (χ4v) is 1.81. The molecule has 1 aromatic carbocycles. The average Bonchev–Trinajstić information content (AvgIpc) is 2.34. The van der Waals surface area contributed by atoms with Crippen molar-refractivity contribution in [2.75, 3.05) is 13.1 Å². The number of hydrogen-bond donors (Lipinski definition) is 2. The van der Waals surface area contributed by atoms with Gasteiger partial charge >= 0.3 is 6.18 Å². The summed E-state index contributed by atoms with van der Waals surface area (Å²) in [6, 6.07) is 4.87. The number of nitrogens with one attached hydrogen (secondary N) is 1. The highest BCUT2D eigenvalue weighted by Crippen LogP contribution is 2.32. The van der Waals surface area contributed by atoms with Gasteiger partial charge in [-0.3, -0.25) is 0 Å². The summed E-state index contributed by atoms with van der Waals surface area (Å²) in [6.07, 6.45) is -3.04. The van der Waals surface area contributed by atoms with Crippen LogP contribution in [0.25, 0.3) is 0 Å². The number of benzene rings is 1. The third-order valence-corrected chi connectivity index (χ3v) is 3.03. The van der Waals surface area contributed by atoms with E-state index < -0.39 is 17.3 Å². The van der Waals surface area contributed by atoms with Crippen molar-refractivity contribution in [3.63, 3.8) is 0 Å². The zero-order valence-electron chi connectivity index (χ0n) is 11.2. The van der Waals surface area contributed by atoms with Crippen LogP contribution in [-0.4, -0.2) is 18.2 Å². The van der Waals surface area contributed by atoms with Crippen molar-refractivity contribution in [2.45, 2.75) is 38.5 Å². The fourth-order valence-electron chi connectivity index (χ4n) is 1.81. The van der Waals surface area contributed by atoms with E-state index in [0.717, 1.165) is 25.1 Å². The molecule has 1 unspecified atom stereocenters. The van der Waals surface area contributed by atoms with Gasteiger partial charge in [-0.2, -0.15) is 13.2 Å². The topological polar surface area (TPSA) is 32.3 Å². The molecule has 0 fully saturated rings. The first-order valence-corrected chi connectivity index (χ1v) is 6.38. The zero-order valence-corrected chi connectivity index (χ0v) is 11.2. The van der Waals surface area contributed by atoms with Crippen LogP contribution in [-0.2, 0) is 11.8 Å². The van der Waals surface area contributed by atoms with Crippen molar-refractivity contribution < 1.29 is 18.3 Å². The Morgan fingerprint density at radius 3 is 2.37 bits per heavy atom. The minimum absolute atomic E-state index is 0.292. The van der Waals surface area contributed by atoms with E-state index in [9.17, 15) is 18.3 Å². The monoisotopic (exact) mass is 275 g/mol. The second-order valence-electron chi connectivity index (χ2n) is 4.85. The third-order valence-electron chi connectivity index (χ3n) is 3.03. The highest BCUT2D eigenvalue weighted by Gasteiger charge is 2.32. The van der Waals surface area contributed by atoms with Crippen molar-refractivity contribution in [3.05, 3.63) is 35.4 Å². The summed E-state index contributed by atoms with van der Waals surface area (Å²) in [5.41, 5.74) is -1.70. The molecule has 0 saturated carbocycles.